The van der Waals surface area contributed by atoms with Crippen LogP contribution in [-0.2, 0) is 14.3 Å². The van der Waals surface area contributed by atoms with Crippen LogP contribution in [0.2, 0.25) is 0 Å². The molecule has 0 spiro atoms. The molecule has 1 aliphatic heterocycles. The van der Waals surface area contributed by atoms with Gasteiger partial charge in [0.15, 0.2) is 5.96 Å². The van der Waals surface area contributed by atoms with Gasteiger partial charge in [-0.1, -0.05) is 12.8 Å². The number of guanidine groups is 1. The van der Waals surface area contributed by atoms with E-state index in [0.29, 0.717) is 13.2 Å². The molecule has 8 heteroatoms. The molecule has 1 heterocycles. The Labute approximate surface area is 180 Å². The third-order valence-corrected chi connectivity index (χ3v) is 5.63. The maximum absolute atomic E-state index is 12.7. The van der Waals surface area contributed by atoms with Crippen molar-refractivity contribution in [3.8, 4) is 0 Å². The van der Waals surface area contributed by atoms with Crippen molar-refractivity contribution in [2.45, 2.75) is 45.4 Å². The smallest absolute Gasteiger partial charge is 0.309 e. The SMILES string of the molecule is CCOC(=O)C1CCN(C(=NC)NCC2(C(=O)N(C)C)CCCC2)CC1.I. The second-order valence-corrected chi connectivity index (χ2v) is 7.60. The molecule has 1 amide bonds. The summed E-state index contributed by atoms with van der Waals surface area (Å²) in [6, 6.07) is 0. The van der Waals surface area contributed by atoms with Crippen molar-refractivity contribution in [2.75, 3.05) is 47.4 Å². The summed E-state index contributed by atoms with van der Waals surface area (Å²) in [6.45, 7) is 4.45. The minimum atomic E-state index is -0.317. The van der Waals surface area contributed by atoms with Crippen molar-refractivity contribution in [3.63, 3.8) is 0 Å². The molecule has 0 aromatic heterocycles. The highest BCUT2D eigenvalue weighted by molar-refractivity contribution is 14.0. The first-order chi connectivity index (χ1) is 12.4. The molecular formula is C19H35IN4O3. The highest BCUT2D eigenvalue weighted by Gasteiger charge is 2.42. The Hall–Kier alpha value is -1.06. The van der Waals surface area contributed by atoms with E-state index in [4.69, 9.17) is 4.74 Å². The van der Waals surface area contributed by atoms with Crippen molar-refractivity contribution in [1.82, 2.24) is 15.1 Å². The number of piperidine rings is 1. The fraction of sp³-hybridized carbons (Fsp3) is 0.842. The molecule has 1 aliphatic carbocycles. The molecule has 156 valence electrons. The van der Waals surface area contributed by atoms with Gasteiger partial charge in [0, 0.05) is 40.8 Å². The van der Waals surface area contributed by atoms with Crippen LogP contribution in [-0.4, -0.2) is 75.0 Å². The molecule has 27 heavy (non-hydrogen) atoms. The number of likely N-dealkylation sites (tertiary alicyclic amines) is 1. The zero-order valence-electron chi connectivity index (χ0n) is 17.1. The zero-order valence-corrected chi connectivity index (χ0v) is 19.5. The van der Waals surface area contributed by atoms with E-state index in [1.54, 1.807) is 11.9 Å². The molecule has 0 aromatic carbocycles. The molecule has 2 aliphatic rings. The van der Waals surface area contributed by atoms with E-state index < -0.39 is 0 Å². The van der Waals surface area contributed by atoms with E-state index in [2.05, 4.69) is 15.2 Å². The van der Waals surface area contributed by atoms with Crippen molar-refractivity contribution >= 4 is 41.8 Å². The summed E-state index contributed by atoms with van der Waals surface area (Å²) in [4.78, 5) is 32.9. The summed E-state index contributed by atoms with van der Waals surface area (Å²) < 4.78 is 5.13. The Morgan fingerprint density at radius 1 is 1.22 bits per heavy atom. The summed E-state index contributed by atoms with van der Waals surface area (Å²) >= 11 is 0. The number of amides is 1. The molecule has 2 rings (SSSR count). The van der Waals surface area contributed by atoms with Gasteiger partial charge in [-0.25, -0.2) is 0 Å². The molecule has 7 nitrogen and oxygen atoms in total. The van der Waals surface area contributed by atoms with Gasteiger partial charge >= 0.3 is 5.97 Å². The van der Waals surface area contributed by atoms with Crippen molar-refractivity contribution in [1.29, 1.82) is 0 Å². The van der Waals surface area contributed by atoms with Gasteiger partial charge in [0.2, 0.25) is 5.91 Å². The highest BCUT2D eigenvalue weighted by atomic mass is 127. The Kier molecular flexibility index (Phi) is 9.83. The first-order valence-electron chi connectivity index (χ1n) is 9.77. The van der Waals surface area contributed by atoms with Crippen molar-refractivity contribution in [2.24, 2.45) is 16.3 Å². The molecule has 1 saturated heterocycles. The Bertz CT molecular complexity index is 525. The fourth-order valence-corrected chi connectivity index (χ4v) is 4.16. The van der Waals surface area contributed by atoms with Gasteiger partial charge in [-0.05, 0) is 32.6 Å². The Morgan fingerprint density at radius 3 is 2.30 bits per heavy atom. The average molecular weight is 494 g/mol. The van der Waals surface area contributed by atoms with Gasteiger partial charge in [-0.3, -0.25) is 14.6 Å². The van der Waals surface area contributed by atoms with E-state index in [9.17, 15) is 9.59 Å². The van der Waals surface area contributed by atoms with Crippen LogP contribution in [0, 0.1) is 11.3 Å². The van der Waals surface area contributed by atoms with E-state index in [-0.39, 0.29) is 47.2 Å². The molecule has 0 unspecified atom stereocenters. The van der Waals surface area contributed by atoms with Crippen LogP contribution in [0.1, 0.15) is 45.4 Å². The topological polar surface area (TPSA) is 74.2 Å². The van der Waals surface area contributed by atoms with Gasteiger partial charge in [0.1, 0.15) is 0 Å². The predicted octanol–water partition coefficient (Wildman–Crippen LogP) is 2.10. The first kappa shape index (κ1) is 24.0. The van der Waals surface area contributed by atoms with Crippen LogP contribution in [0.15, 0.2) is 4.99 Å². The maximum atomic E-state index is 12.7. The van der Waals surface area contributed by atoms with Gasteiger partial charge in [0.05, 0.1) is 17.9 Å². The number of carbonyl (C=O) groups is 2. The highest BCUT2D eigenvalue weighted by Crippen LogP contribution is 2.39. The first-order valence-corrected chi connectivity index (χ1v) is 9.77. The average Bonchev–Trinajstić information content (AvgIpc) is 3.12. The largest absolute Gasteiger partial charge is 0.466 e. The van der Waals surface area contributed by atoms with E-state index in [1.807, 2.05) is 21.0 Å². The van der Waals surface area contributed by atoms with Gasteiger partial charge in [-0.2, -0.15) is 0 Å². The van der Waals surface area contributed by atoms with E-state index in [0.717, 1.165) is 57.6 Å². The van der Waals surface area contributed by atoms with Crippen LogP contribution >= 0.6 is 24.0 Å². The fourth-order valence-electron chi connectivity index (χ4n) is 4.16. The Balaban J connectivity index is 0.00000364. The number of hydrogen-bond acceptors (Lipinski definition) is 4. The van der Waals surface area contributed by atoms with Gasteiger partial charge < -0.3 is 19.9 Å². The maximum Gasteiger partial charge on any atom is 0.309 e. The summed E-state index contributed by atoms with van der Waals surface area (Å²) in [5.41, 5.74) is -0.317. The quantitative estimate of drug-likeness (QED) is 0.274. The molecular weight excluding hydrogens is 459 g/mol. The standard InChI is InChI=1S/C19H34N4O3.HI/c1-5-26-16(24)15-8-12-23(13-9-15)18(20-2)21-14-19(10-6-7-11-19)17(25)22(3)4;/h15H,5-14H2,1-4H3,(H,20,21);1H. The number of halogens is 1. The van der Waals surface area contributed by atoms with Crippen LogP contribution in [0.5, 0.6) is 0 Å². The molecule has 1 saturated carbocycles. The zero-order chi connectivity index (χ0) is 19.2. The molecule has 0 atom stereocenters. The molecule has 2 fully saturated rings. The lowest BCUT2D eigenvalue weighted by atomic mass is 9.84. The lowest BCUT2D eigenvalue weighted by molar-refractivity contribution is -0.149. The number of hydrogen-bond donors (Lipinski definition) is 1. The second-order valence-electron chi connectivity index (χ2n) is 7.60. The minimum absolute atomic E-state index is 0. The van der Waals surface area contributed by atoms with Crippen LogP contribution < -0.4 is 5.32 Å². The summed E-state index contributed by atoms with van der Waals surface area (Å²) in [5.74, 6) is 0.932. The summed E-state index contributed by atoms with van der Waals surface area (Å²) in [6.07, 6.45) is 5.62. The molecule has 0 aromatic rings. The number of nitrogens with zero attached hydrogens (tertiary/aromatic N) is 3. The van der Waals surface area contributed by atoms with Gasteiger partial charge in [0.25, 0.3) is 0 Å². The number of aliphatic imine (C=N–C) groups is 1. The third-order valence-electron chi connectivity index (χ3n) is 5.63. The lowest BCUT2D eigenvalue weighted by Gasteiger charge is -2.36. The van der Waals surface area contributed by atoms with Crippen molar-refractivity contribution in [3.05, 3.63) is 0 Å². The monoisotopic (exact) mass is 494 g/mol. The summed E-state index contributed by atoms with van der Waals surface area (Å²) in [7, 11) is 5.43. The van der Waals surface area contributed by atoms with Crippen LogP contribution in [0.25, 0.3) is 0 Å². The molecule has 1 N–H and O–H groups in total. The van der Waals surface area contributed by atoms with E-state index >= 15 is 0 Å². The molecule has 0 bridgehead atoms. The van der Waals surface area contributed by atoms with Crippen LogP contribution in [0.3, 0.4) is 0 Å². The minimum Gasteiger partial charge on any atom is -0.466 e. The number of carbonyl (C=O) groups excluding carboxylic acids is 2. The Morgan fingerprint density at radius 2 is 1.81 bits per heavy atom. The number of esters is 1. The van der Waals surface area contributed by atoms with E-state index in [1.165, 1.54) is 0 Å². The molecule has 0 radical (unpaired) electrons. The van der Waals surface area contributed by atoms with Crippen LogP contribution in [0.4, 0.5) is 0 Å². The number of nitrogens with one attached hydrogen (secondary N) is 1. The lowest BCUT2D eigenvalue weighted by Crippen LogP contribution is -2.52. The summed E-state index contributed by atoms with van der Waals surface area (Å²) in [5, 5.41) is 3.44. The van der Waals surface area contributed by atoms with Gasteiger partial charge in [-0.15, -0.1) is 24.0 Å². The van der Waals surface area contributed by atoms with Crippen molar-refractivity contribution < 1.29 is 14.3 Å². The number of rotatable bonds is 5. The predicted molar refractivity (Wildman–Crippen MR) is 117 cm³/mol. The third kappa shape index (κ3) is 5.96. The second kappa shape index (κ2) is 11.1. The number of ether oxygens (including phenoxy) is 1. The normalized spacial score (nSPS) is 20.0.